The Hall–Kier alpha value is -3.12. The Bertz CT molecular complexity index is 1200. The van der Waals surface area contributed by atoms with Crippen molar-refractivity contribution in [3.8, 4) is 5.75 Å². The van der Waals surface area contributed by atoms with E-state index in [2.05, 4.69) is 10.8 Å². The molecule has 4 nitrogen and oxygen atoms in total. The van der Waals surface area contributed by atoms with Gasteiger partial charge in [0, 0.05) is 22.9 Å². The van der Waals surface area contributed by atoms with Gasteiger partial charge >= 0.3 is 6.61 Å². The molecule has 2 N–H and O–H groups in total. The number of hydrogen-bond acceptors (Lipinski definition) is 2. The minimum atomic E-state index is -2.90. The molecule has 0 bridgehead atoms. The Morgan fingerprint density at radius 2 is 2.00 bits per heavy atom. The summed E-state index contributed by atoms with van der Waals surface area (Å²) in [5.41, 5.74) is 8.10. The summed E-state index contributed by atoms with van der Waals surface area (Å²) in [6.45, 7) is -2.56. The molecular weight excluding hydrogens is 386 g/mol. The highest BCUT2D eigenvalue weighted by Gasteiger charge is 2.18. The summed E-state index contributed by atoms with van der Waals surface area (Å²) < 4.78 is 31.5. The van der Waals surface area contributed by atoms with E-state index in [9.17, 15) is 13.6 Å². The van der Waals surface area contributed by atoms with Gasteiger partial charge in [0.25, 0.3) is 0 Å². The third kappa shape index (κ3) is 3.16. The summed E-state index contributed by atoms with van der Waals surface area (Å²) in [6.07, 6.45) is 0. The van der Waals surface area contributed by atoms with Gasteiger partial charge in [-0.25, -0.2) is 0 Å². The molecule has 0 aliphatic carbocycles. The smallest absolute Gasteiger partial charge is 0.387 e. The molecule has 28 heavy (non-hydrogen) atoms. The molecule has 3 aromatic carbocycles. The Morgan fingerprint density at radius 1 is 1.21 bits per heavy atom. The molecule has 1 amide bonds. The lowest BCUT2D eigenvalue weighted by Crippen LogP contribution is -2.11. The quantitative estimate of drug-likeness (QED) is 0.513. The Kier molecular flexibility index (Phi) is 4.65. The molecule has 1 aromatic heterocycles. The van der Waals surface area contributed by atoms with Gasteiger partial charge in [0.1, 0.15) is 5.75 Å². The summed E-state index contributed by atoms with van der Waals surface area (Å²) in [4.78, 5) is 11.9. The van der Waals surface area contributed by atoms with E-state index in [1.807, 2.05) is 10.6 Å². The molecule has 4 rings (SSSR count). The highest BCUT2D eigenvalue weighted by molar-refractivity contribution is 6.36. The molecule has 0 unspecified atom stereocenters. The monoisotopic (exact) mass is 399 g/mol. The number of ether oxygens (including phenoxy) is 1. The van der Waals surface area contributed by atoms with Gasteiger partial charge in [-0.15, -0.1) is 0 Å². The van der Waals surface area contributed by atoms with Crippen LogP contribution in [0.5, 0.6) is 5.75 Å². The van der Waals surface area contributed by atoms with Crippen LogP contribution in [0.2, 0.25) is 5.02 Å². The standard InChI is InChI=1S/C21H14ClF2N2O2/c22-16-8-2-6-14-18-15(20(25)27)7-3-9-17(18)26(19(14)16)11-12-4-1-5-13(10-12)28-21(23)24/h1-5,7-10,21H,11H2,(H2,25,27). The van der Waals surface area contributed by atoms with Gasteiger partial charge in [0.2, 0.25) is 5.91 Å². The summed E-state index contributed by atoms with van der Waals surface area (Å²) in [6, 6.07) is 18.2. The Morgan fingerprint density at radius 3 is 2.75 bits per heavy atom. The Balaban J connectivity index is 1.94. The van der Waals surface area contributed by atoms with Gasteiger partial charge in [-0.2, -0.15) is 8.78 Å². The number of aromatic nitrogens is 1. The van der Waals surface area contributed by atoms with Crippen molar-refractivity contribution < 1.29 is 18.3 Å². The van der Waals surface area contributed by atoms with E-state index in [0.717, 1.165) is 11.1 Å². The van der Waals surface area contributed by atoms with Crippen molar-refractivity contribution in [3.05, 3.63) is 76.8 Å². The van der Waals surface area contributed by atoms with Crippen LogP contribution in [-0.4, -0.2) is 17.1 Å². The van der Waals surface area contributed by atoms with Crippen LogP contribution >= 0.6 is 11.6 Å². The van der Waals surface area contributed by atoms with Gasteiger partial charge in [-0.1, -0.05) is 35.9 Å². The SMILES string of the molecule is NC(=O)c1cccc2c1c1[c]ccc(Cl)c1n2Cc1cccc(OC(F)F)c1. The van der Waals surface area contributed by atoms with E-state index < -0.39 is 12.5 Å². The van der Waals surface area contributed by atoms with Gasteiger partial charge in [0.15, 0.2) is 0 Å². The van der Waals surface area contributed by atoms with Crippen molar-refractivity contribution in [2.24, 2.45) is 5.73 Å². The second kappa shape index (κ2) is 7.13. The van der Waals surface area contributed by atoms with E-state index >= 15 is 0 Å². The first-order valence-corrected chi connectivity index (χ1v) is 8.78. The van der Waals surface area contributed by atoms with E-state index in [-0.39, 0.29) is 5.75 Å². The first kappa shape index (κ1) is 18.3. The Labute approximate surface area is 164 Å². The fourth-order valence-corrected chi connectivity index (χ4v) is 3.70. The lowest BCUT2D eigenvalue weighted by molar-refractivity contribution is -0.0498. The average molecular weight is 400 g/mol. The van der Waals surface area contributed by atoms with Crippen LogP contribution in [0.15, 0.2) is 54.6 Å². The zero-order valence-corrected chi connectivity index (χ0v) is 15.2. The zero-order valence-electron chi connectivity index (χ0n) is 14.5. The number of hydrogen-bond donors (Lipinski definition) is 1. The van der Waals surface area contributed by atoms with Crippen molar-refractivity contribution in [2.45, 2.75) is 13.2 Å². The van der Waals surface area contributed by atoms with Crippen LogP contribution in [0, 0.1) is 6.07 Å². The lowest BCUT2D eigenvalue weighted by Gasteiger charge is -2.11. The number of alkyl halides is 2. The zero-order chi connectivity index (χ0) is 19.8. The molecule has 0 spiro atoms. The summed E-state index contributed by atoms with van der Waals surface area (Å²) in [7, 11) is 0. The van der Waals surface area contributed by atoms with Crippen LogP contribution in [0.25, 0.3) is 21.8 Å². The number of amides is 1. The van der Waals surface area contributed by atoms with E-state index in [0.29, 0.717) is 33.4 Å². The van der Waals surface area contributed by atoms with Crippen LogP contribution in [0.3, 0.4) is 0 Å². The third-order valence-corrected chi connectivity index (χ3v) is 4.81. The molecule has 0 aliphatic rings. The van der Waals surface area contributed by atoms with Crippen molar-refractivity contribution >= 4 is 39.3 Å². The fraction of sp³-hybridized carbons (Fsp3) is 0.0952. The third-order valence-electron chi connectivity index (χ3n) is 4.50. The molecule has 0 atom stereocenters. The van der Waals surface area contributed by atoms with E-state index in [1.165, 1.54) is 6.07 Å². The number of fused-ring (bicyclic) bond motifs is 3. The van der Waals surface area contributed by atoms with Gasteiger partial charge in [-0.05, 0) is 42.0 Å². The molecule has 0 aliphatic heterocycles. The molecule has 4 aromatic rings. The van der Waals surface area contributed by atoms with Crippen LogP contribution < -0.4 is 10.5 Å². The number of benzene rings is 3. The van der Waals surface area contributed by atoms with Gasteiger partial charge < -0.3 is 15.0 Å². The summed E-state index contributed by atoms with van der Waals surface area (Å²) in [5.74, 6) is -0.478. The van der Waals surface area contributed by atoms with E-state index in [4.69, 9.17) is 17.3 Å². The number of nitrogens with zero attached hydrogens (tertiary/aromatic N) is 1. The van der Waals surface area contributed by atoms with Crippen LogP contribution in [0.1, 0.15) is 15.9 Å². The number of carbonyl (C=O) groups is 1. The molecule has 7 heteroatoms. The number of nitrogens with two attached hydrogens (primary N) is 1. The first-order chi connectivity index (χ1) is 13.5. The maximum Gasteiger partial charge on any atom is 0.387 e. The number of primary amides is 1. The van der Waals surface area contributed by atoms with Crippen LogP contribution in [-0.2, 0) is 6.54 Å². The summed E-state index contributed by atoms with van der Waals surface area (Å²) >= 11 is 6.45. The number of carbonyl (C=O) groups excluding carboxylic acids is 1. The van der Waals surface area contributed by atoms with Crippen molar-refractivity contribution in [3.63, 3.8) is 0 Å². The number of halogens is 3. The second-order valence-corrected chi connectivity index (χ2v) is 6.63. The molecule has 0 saturated carbocycles. The molecule has 141 valence electrons. The first-order valence-electron chi connectivity index (χ1n) is 8.40. The minimum absolute atomic E-state index is 0.0729. The maximum absolute atomic E-state index is 12.5. The maximum atomic E-state index is 12.5. The minimum Gasteiger partial charge on any atom is -0.435 e. The lowest BCUT2D eigenvalue weighted by atomic mass is 10.1. The summed E-state index contributed by atoms with van der Waals surface area (Å²) in [5, 5.41) is 1.82. The largest absolute Gasteiger partial charge is 0.435 e. The highest BCUT2D eigenvalue weighted by atomic mass is 35.5. The second-order valence-electron chi connectivity index (χ2n) is 6.23. The van der Waals surface area contributed by atoms with Crippen molar-refractivity contribution in [1.29, 1.82) is 0 Å². The highest BCUT2D eigenvalue weighted by Crippen LogP contribution is 2.35. The molecule has 1 radical (unpaired) electrons. The normalized spacial score (nSPS) is 11.4. The van der Waals surface area contributed by atoms with Gasteiger partial charge in [0.05, 0.1) is 16.1 Å². The molecule has 0 saturated heterocycles. The van der Waals surface area contributed by atoms with Crippen molar-refractivity contribution in [1.82, 2.24) is 4.57 Å². The average Bonchev–Trinajstić information content (AvgIpc) is 2.97. The van der Waals surface area contributed by atoms with Gasteiger partial charge in [-0.3, -0.25) is 4.79 Å². The molecule has 0 fully saturated rings. The molecule has 1 heterocycles. The fourth-order valence-electron chi connectivity index (χ4n) is 3.44. The van der Waals surface area contributed by atoms with E-state index in [1.54, 1.807) is 42.5 Å². The predicted molar refractivity (Wildman–Crippen MR) is 104 cm³/mol. The molecular formula is C21H14ClF2N2O2. The predicted octanol–water partition coefficient (Wildman–Crippen LogP) is 5.00. The topological polar surface area (TPSA) is 57.2 Å². The van der Waals surface area contributed by atoms with Crippen molar-refractivity contribution in [2.75, 3.05) is 0 Å². The van der Waals surface area contributed by atoms with Crippen LogP contribution in [0.4, 0.5) is 8.78 Å². The number of rotatable bonds is 5.